The van der Waals surface area contributed by atoms with Gasteiger partial charge in [0.05, 0.1) is 0 Å². The molecule has 0 heterocycles. The highest BCUT2D eigenvalue weighted by Crippen LogP contribution is 1.95. The SMILES string of the molecule is CCC(=O)O.CCC(=O)O.CCCCC(O)O. The smallest absolute Gasteiger partial charge is 0.303 e. The normalized spacial score (nSPS) is 8.59. The third kappa shape index (κ3) is 52.2. The van der Waals surface area contributed by atoms with Crippen LogP contribution in [0, 0.1) is 0 Å². The second kappa shape index (κ2) is 17.3. The van der Waals surface area contributed by atoms with E-state index >= 15 is 0 Å². The molecule has 0 aliphatic heterocycles. The van der Waals surface area contributed by atoms with Gasteiger partial charge in [-0.05, 0) is 12.8 Å². The van der Waals surface area contributed by atoms with Gasteiger partial charge in [0.1, 0.15) is 0 Å². The highest BCUT2D eigenvalue weighted by molar-refractivity contribution is 5.66. The van der Waals surface area contributed by atoms with Gasteiger partial charge in [0.15, 0.2) is 6.29 Å². The average molecular weight is 252 g/mol. The Kier molecular flexibility index (Phi) is 21.5. The number of unbranched alkanes of at least 4 members (excludes halogenated alkanes) is 1. The molecular formula is C11H24O6. The zero-order valence-corrected chi connectivity index (χ0v) is 10.7. The molecule has 0 amide bonds. The summed E-state index contributed by atoms with van der Waals surface area (Å²) in [6, 6.07) is 0. The van der Waals surface area contributed by atoms with Crippen molar-refractivity contribution in [2.24, 2.45) is 0 Å². The number of hydrogen-bond acceptors (Lipinski definition) is 4. The minimum atomic E-state index is -1.10. The Morgan fingerprint density at radius 3 is 1.29 bits per heavy atom. The predicted molar refractivity (Wildman–Crippen MR) is 63.6 cm³/mol. The van der Waals surface area contributed by atoms with E-state index in [0.717, 1.165) is 12.8 Å². The van der Waals surface area contributed by atoms with Crippen molar-refractivity contribution < 1.29 is 30.0 Å². The quantitative estimate of drug-likeness (QED) is 0.550. The summed E-state index contributed by atoms with van der Waals surface area (Å²) in [5.41, 5.74) is 0. The highest BCUT2D eigenvalue weighted by Gasteiger charge is 1.92. The van der Waals surface area contributed by atoms with Crippen molar-refractivity contribution in [3.05, 3.63) is 0 Å². The number of carboxylic acids is 2. The van der Waals surface area contributed by atoms with Crippen LogP contribution in [-0.2, 0) is 9.59 Å². The standard InChI is InChI=1S/C5H12O2.2C3H6O2/c1-2-3-4-5(6)7;2*1-2-3(4)5/h5-7H,2-4H2,1H3;2*2H2,1H3,(H,4,5). The molecule has 0 radical (unpaired) electrons. The maximum absolute atomic E-state index is 9.37. The Labute approximate surface area is 102 Å². The number of aliphatic carboxylic acids is 2. The fraction of sp³-hybridized carbons (Fsp3) is 0.818. The molecule has 0 saturated carbocycles. The first-order chi connectivity index (χ1) is 7.81. The van der Waals surface area contributed by atoms with Crippen LogP contribution < -0.4 is 0 Å². The number of carboxylic acid groups (broad SMARTS) is 2. The van der Waals surface area contributed by atoms with E-state index in [1.165, 1.54) is 0 Å². The lowest BCUT2D eigenvalue weighted by Gasteiger charge is -1.97. The third-order valence-electron chi connectivity index (χ3n) is 1.42. The first-order valence-electron chi connectivity index (χ1n) is 5.61. The molecule has 0 aliphatic carbocycles. The number of rotatable bonds is 5. The maximum Gasteiger partial charge on any atom is 0.303 e. The van der Waals surface area contributed by atoms with Gasteiger partial charge < -0.3 is 20.4 Å². The highest BCUT2D eigenvalue weighted by atomic mass is 16.5. The van der Waals surface area contributed by atoms with E-state index in [-0.39, 0.29) is 12.8 Å². The number of carbonyl (C=O) groups is 2. The summed E-state index contributed by atoms with van der Waals surface area (Å²) in [6.45, 7) is 5.22. The van der Waals surface area contributed by atoms with Crippen molar-refractivity contribution in [3.8, 4) is 0 Å². The molecule has 0 atom stereocenters. The summed E-state index contributed by atoms with van der Waals surface area (Å²) in [6.07, 6.45) is 1.78. The van der Waals surface area contributed by atoms with E-state index in [0.29, 0.717) is 6.42 Å². The summed E-state index contributed by atoms with van der Waals surface area (Å²) in [5, 5.41) is 31.9. The molecule has 0 bridgehead atoms. The molecule has 0 aliphatic rings. The van der Waals surface area contributed by atoms with E-state index in [1.807, 2.05) is 6.92 Å². The van der Waals surface area contributed by atoms with Crippen molar-refractivity contribution in [1.29, 1.82) is 0 Å². The average Bonchev–Trinajstić information content (AvgIpc) is 2.27. The van der Waals surface area contributed by atoms with Gasteiger partial charge >= 0.3 is 11.9 Å². The van der Waals surface area contributed by atoms with Gasteiger partial charge in [-0.2, -0.15) is 0 Å². The van der Waals surface area contributed by atoms with Gasteiger partial charge in [0.2, 0.25) is 0 Å². The molecule has 17 heavy (non-hydrogen) atoms. The van der Waals surface area contributed by atoms with E-state index in [2.05, 4.69) is 0 Å². The summed E-state index contributed by atoms with van der Waals surface area (Å²) >= 11 is 0. The van der Waals surface area contributed by atoms with Crippen LogP contribution in [0.4, 0.5) is 0 Å². The van der Waals surface area contributed by atoms with E-state index in [1.54, 1.807) is 13.8 Å². The topological polar surface area (TPSA) is 115 Å². The van der Waals surface area contributed by atoms with Gasteiger partial charge in [-0.25, -0.2) is 0 Å². The fourth-order valence-corrected chi connectivity index (χ4v) is 0.387. The molecule has 0 fully saturated rings. The van der Waals surface area contributed by atoms with Crippen molar-refractivity contribution >= 4 is 11.9 Å². The van der Waals surface area contributed by atoms with Crippen LogP contribution in [0.3, 0.4) is 0 Å². The van der Waals surface area contributed by atoms with Crippen molar-refractivity contribution in [3.63, 3.8) is 0 Å². The maximum atomic E-state index is 9.37. The van der Waals surface area contributed by atoms with Crippen LogP contribution in [0.15, 0.2) is 0 Å². The molecule has 6 heteroatoms. The Hall–Kier alpha value is -1.14. The molecule has 0 spiro atoms. The lowest BCUT2D eigenvalue weighted by atomic mass is 10.2. The molecule has 0 unspecified atom stereocenters. The largest absolute Gasteiger partial charge is 0.481 e. The lowest BCUT2D eigenvalue weighted by Crippen LogP contribution is -2.02. The van der Waals surface area contributed by atoms with Gasteiger partial charge in [-0.1, -0.05) is 27.2 Å². The van der Waals surface area contributed by atoms with Crippen LogP contribution in [0.5, 0.6) is 0 Å². The fourth-order valence-electron chi connectivity index (χ4n) is 0.387. The zero-order valence-electron chi connectivity index (χ0n) is 10.7. The lowest BCUT2D eigenvalue weighted by molar-refractivity contribution is -0.137. The molecular weight excluding hydrogens is 228 g/mol. The molecule has 0 saturated heterocycles. The Morgan fingerprint density at radius 1 is 0.941 bits per heavy atom. The van der Waals surface area contributed by atoms with E-state index in [4.69, 9.17) is 20.4 Å². The van der Waals surface area contributed by atoms with Crippen molar-refractivity contribution in [1.82, 2.24) is 0 Å². The van der Waals surface area contributed by atoms with Crippen LogP contribution in [-0.4, -0.2) is 38.7 Å². The Morgan fingerprint density at radius 2 is 1.24 bits per heavy atom. The number of hydrogen-bond donors (Lipinski definition) is 4. The summed E-state index contributed by atoms with van der Waals surface area (Å²) in [5.74, 6) is -1.49. The van der Waals surface area contributed by atoms with E-state index in [9.17, 15) is 9.59 Å². The molecule has 0 aromatic heterocycles. The predicted octanol–water partition coefficient (Wildman–Crippen LogP) is 1.45. The molecule has 104 valence electrons. The molecule has 0 aromatic rings. The van der Waals surface area contributed by atoms with Gasteiger partial charge in [0.25, 0.3) is 0 Å². The van der Waals surface area contributed by atoms with Crippen LogP contribution >= 0.6 is 0 Å². The minimum Gasteiger partial charge on any atom is -0.481 e. The monoisotopic (exact) mass is 252 g/mol. The van der Waals surface area contributed by atoms with Gasteiger partial charge in [0, 0.05) is 12.8 Å². The third-order valence-corrected chi connectivity index (χ3v) is 1.42. The van der Waals surface area contributed by atoms with Crippen LogP contribution in [0.2, 0.25) is 0 Å². The van der Waals surface area contributed by atoms with Crippen molar-refractivity contribution in [2.45, 2.75) is 59.2 Å². The van der Waals surface area contributed by atoms with Crippen molar-refractivity contribution in [2.75, 3.05) is 0 Å². The van der Waals surface area contributed by atoms with Crippen LogP contribution in [0.25, 0.3) is 0 Å². The Bertz CT molecular complexity index is 165. The summed E-state index contributed by atoms with van der Waals surface area (Å²) < 4.78 is 0. The number of aliphatic hydroxyl groups is 2. The zero-order chi connectivity index (χ0) is 14.3. The van der Waals surface area contributed by atoms with Gasteiger partial charge in [-0.15, -0.1) is 0 Å². The van der Waals surface area contributed by atoms with Gasteiger partial charge in [-0.3, -0.25) is 9.59 Å². The molecule has 0 rings (SSSR count). The second-order valence-electron chi connectivity index (χ2n) is 3.12. The summed E-state index contributed by atoms with van der Waals surface area (Å²) in [4.78, 5) is 18.7. The molecule has 6 nitrogen and oxygen atoms in total. The second-order valence-corrected chi connectivity index (χ2v) is 3.12. The summed E-state index contributed by atoms with van der Waals surface area (Å²) in [7, 11) is 0. The first-order valence-corrected chi connectivity index (χ1v) is 5.61. The molecule has 4 N–H and O–H groups in total. The number of aliphatic hydroxyl groups excluding tert-OH is 1. The Balaban J connectivity index is -0.000000177. The first kappa shape index (κ1) is 21.2. The molecule has 0 aromatic carbocycles. The van der Waals surface area contributed by atoms with E-state index < -0.39 is 18.2 Å². The van der Waals surface area contributed by atoms with Crippen LogP contribution in [0.1, 0.15) is 52.9 Å². The minimum absolute atomic E-state index is 0.222.